The van der Waals surface area contributed by atoms with Crippen molar-refractivity contribution in [3.05, 3.63) is 66.1 Å². The Balaban J connectivity index is 1.75. The number of carbonyl (C=O) groups is 2. The van der Waals surface area contributed by atoms with Crippen LogP contribution < -0.4 is 4.72 Å². The number of ketones is 1. The number of nitrogens with zero attached hydrogens (tertiary/aromatic N) is 1. The van der Waals surface area contributed by atoms with Crippen molar-refractivity contribution >= 4 is 38.4 Å². The number of sulfonamides is 1. The van der Waals surface area contributed by atoms with Crippen molar-refractivity contribution in [1.29, 1.82) is 0 Å². The molecule has 0 fully saturated rings. The number of aromatic nitrogens is 1. The lowest BCUT2D eigenvalue weighted by Gasteiger charge is -2.07. The van der Waals surface area contributed by atoms with E-state index >= 15 is 0 Å². The molecule has 2 aromatic heterocycles. The third-order valence-corrected chi connectivity index (χ3v) is 6.24. The second kappa shape index (κ2) is 9.17. The van der Waals surface area contributed by atoms with Crippen LogP contribution in [0.4, 0.5) is 18.9 Å². The van der Waals surface area contributed by atoms with Gasteiger partial charge < -0.3 is 4.42 Å². The SMILES string of the molecule is CC(=O)SCC(=O)c1ccc(NS(=O)(=O)c2coc(-c3cc(C(F)(F)F)ccn3)c2)cc1. The number of carbonyl (C=O) groups excluding carboxylic acids is 2. The van der Waals surface area contributed by atoms with E-state index in [1.54, 1.807) is 0 Å². The van der Waals surface area contributed by atoms with E-state index in [9.17, 15) is 31.2 Å². The molecular formula is C20H15F3N2O5S2. The van der Waals surface area contributed by atoms with Gasteiger partial charge in [-0.05, 0) is 36.4 Å². The molecule has 0 aliphatic rings. The first-order chi connectivity index (χ1) is 15.0. The van der Waals surface area contributed by atoms with Crippen molar-refractivity contribution in [2.75, 3.05) is 10.5 Å². The Hall–Kier alpha value is -3.12. The quantitative estimate of drug-likeness (QED) is 0.488. The van der Waals surface area contributed by atoms with Crippen LogP contribution in [0.25, 0.3) is 11.5 Å². The van der Waals surface area contributed by atoms with Gasteiger partial charge in [0.1, 0.15) is 16.9 Å². The lowest BCUT2D eigenvalue weighted by Crippen LogP contribution is -2.12. The Morgan fingerprint density at radius 1 is 1.12 bits per heavy atom. The van der Waals surface area contributed by atoms with Crippen molar-refractivity contribution < 1.29 is 35.6 Å². The van der Waals surface area contributed by atoms with Gasteiger partial charge in [0, 0.05) is 30.4 Å². The van der Waals surface area contributed by atoms with Crippen molar-refractivity contribution in [3.63, 3.8) is 0 Å². The summed E-state index contributed by atoms with van der Waals surface area (Å²) in [6, 6.07) is 8.17. The zero-order valence-corrected chi connectivity index (χ0v) is 18.0. The number of pyridine rings is 1. The number of Topliss-reactive ketones (excluding diaryl/α,β-unsaturated/α-hetero) is 1. The van der Waals surface area contributed by atoms with Crippen LogP contribution in [0.15, 0.2) is 64.2 Å². The number of anilines is 1. The molecule has 0 spiro atoms. The minimum absolute atomic E-state index is 0.0260. The van der Waals surface area contributed by atoms with E-state index in [0.29, 0.717) is 5.56 Å². The van der Waals surface area contributed by atoms with Gasteiger partial charge in [-0.25, -0.2) is 8.42 Å². The first kappa shape index (κ1) is 23.5. The van der Waals surface area contributed by atoms with Crippen LogP contribution >= 0.6 is 11.8 Å². The van der Waals surface area contributed by atoms with E-state index in [1.807, 2.05) is 0 Å². The zero-order valence-electron chi connectivity index (χ0n) is 16.3. The van der Waals surface area contributed by atoms with Gasteiger partial charge in [0.15, 0.2) is 16.7 Å². The highest BCUT2D eigenvalue weighted by molar-refractivity contribution is 8.14. The summed E-state index contributed by atoms with van der Waals surface area (Å²) in [6.45, 7) is 1.35. The summed E-state index contributed by atoms with van der Waals surface area (Å²) in [5.74, 6) is -0.463. The van der Waals surface area contributed by atoms with Crippen LogP contribution in [0.5, 0.6) is 0 Å². The molecule has 1 aromatic carbocycles. The Labute approximate surface area is 185 Å². The lowest BCUT2D eigenvalue weighted by atomic mass is 10.1. The molecule has 0 atom stereocenters. The first-order valence-corrected chi connectivity index (χ1v) is 11.3. The number of halogens is 3. The molecule has 3 aromatic rings. The fraction of sp³-hybridized carbons (Fsp3) is 0.150. The largest absolute Gasteiger partial charge is 0.461 e. The second-order valence-electron chi connectivity index (χ2n) is 6.46. The summed E-state index contributed by atoms with van der Waals surface area (Å²) in [5.41, 5.74) is -0.658. The Morgan fingerprint density at radius 2 is 1.81 bits per heavy atom. The Kier molecular flexibility index (Phi) is 6.74. The normalized spacial score (nSPS) is 11.9. The fourth-order valence-electron chi connectivity index (χ4n) is 2.52. The maximum Gasteiger partial charge on any atom is 0.416 e. The summed E-state index contributed by atoms with van der Waals surface area (Å²) in [5, 5.41) is -0.192. The van der Waals surface area contributed by atoms with Gasteiger partial charge in [0.2, 0.25) is 0 Å². The molecule has 12 heteroatoms. The van der Waals surface area contributed by atoms with Gasteiger partial charge in [-0.1, -0.05) is 11.8 Å². The molecule has 0 unspecified atom stereocenters. The van der Waals surface area contributed by atoms with Gasteiger partial charge >= 0.3 is 6.18 Å². The lowest BCUT2D eigenvalue weighted by molar-refractivity contribution is -0.137. The Morgan fingerprint density at radius 3 is 2.44 bits per heavy atom. The van der Waals surface area contributed by atoms with Crippen molar-refractivity contribution in [1.82, 2.24) is 4.98 Å². The van der Waals surface area contributed by atoms with Crippen LogP contribution in [0, 0.1) is 0 Å². The minimum atomic E-state index is -4.58. The minimum Gasteiger partial charge on any atom is -0.461 e. The maximum absolute atomic E-state index is 12.9. The number of benzene rings is 1. The van der Waals surface area contributed by atoms with Gasteiger partial charge in [0.25, 0.3) is 10.0 Å². The molecule has 2 heterocycles. The third kappa shape index (κ3) is 5.77. The predicted molar refractivity (Wildman–Crippen MR) is 112 cm³/mol. The fourth-order valence-corrected chi connectivity index (χ4v) is 4.03. The van der Waals surface area contributed by atoms with Gasteiger partial charge in [-0.3, -0.25) is 19.3 Å². The molecular weight excluding hydrogens is 469 g/mol. The average molecular weight is 484 g/mol. The maximum atomic E-state index is 12.9. The zero-order chi connectivity index (χ0) is 23.5. The molecule has 0 amide bonds. The molecule has 0 saturated heterocycles. The van der Waals surface area contributed by atoms with E-state index in [1.165, 1.54) is 31.2 Å². The van der Waals surface area contributed by atoms with Gasteiger partial charge in [-0.2, -0.15) is 13.2 Å². The molecule has 7 nitrogen and oxygen atoms in total. The number of hydrogen-bond donors (Lipinski definition) is 1. The summed E-state index contributed by atoms with van der Waals surface area (Å²) in [6.07, 6.45) is -2.75. The van der Waals surface area contributed by atoms with Gasteiger partial charge in [0.05, 0.1) is 11.3 Å². The molecule has 1 N–H and O–H groups in total. The molecule has 32 heavy (non-hydrogen) atoms. The summed E-state index contributed by atoms with van der Waals surface area (Å²) in [7, 11) is -4.12. The molecule has 0 aliphatic carbocycles. The van der Waals surface area contributed by atoms with Crippen molar-refractivity contribution in [2.24, 2.45) is 0 Å². The highest BCUT2D eigenvalue weighted by Gasteiger charge is 2.31. The molecule has 0 aliphatic heterocycles. The first-order valence-electron chi connectivity index (χ1n) is 8.87. The van der Waals surface area contributed by atoms with Crippen LogP contribution in [0.2, 0.25) is 0 Å². The van der Waals surface area contributed by atoms with E-state index in [4.69, 9.17) is 4.42 Å². The monoisotopic (exact) mass is 484 g/mol. The van der Waals surface area contributed by atoms with Crippen LogP contribution in [0.3, 0.4) is 0 Å². The van der Waals surface area contributed by atoms with Crippen LogP contribution in [-0.2, 0) is 21.0 Å². The highest BCUT2D eigenvalue weighted by Crippen LogP contribution is 2.32. The predicted octanol–water partition coefficient (Wildman–Crippen LogP) is 4.62. The third-order valence-electron chi connectivity index (χ3n) is 4.09. The standard InChI is InChI=1S/C20H15F3N2O5S2/c1-12(26)31-11-18(27)13-2-4-15(5-3-13)25-32(28,29)16-9-19(30-10-16)17-8-14(6-7-24-17)20(21,22)23/h2-10,25H,11H2,1H3. The number of hydrogen-bond acceptors (Lipinski definition) is 7. The smallest absolute Gasteiger partial charge is 0.416 e. The Bertz CT molecular complexity index is 1250. The van der Waals surface area contributed by atoms with E-state index in [2.05, 4.69) is 9.71 Å². The molecule has 0 radical (unpaired) electrons. The van der Waals surface area contributed by atoms with Gasteiger partial charge in [-0.15, -0.1) is 0 Å². The van der Waals surface area contributed by atoms with Crippen LogP contribution in [-0.4, -0.2) is 30.1 Å². The molecule has 3 rings (SSSR count). The molecule has 0 bridgehead atoms. The van der Waals surface area contributed by atoms with Crippen molar-refractivity contribution in [3.8, 4) is 11.5 Å². The van der Waals surface area contributed by atoms with E-state index in [0.717, 1.165) is 42.4 Å². The number of nitrogens with one attached hydrogen (secondary N) is 1. The average Bonchev–Trinajstić information content (AvgIpc) is 3.23. The number of furan rings is 1. The summed E-state index contributed by atoms with van der Waals surface area (Å²) >= 11 is 0.870. The topological polar surface area (TPSA) is 106 Å². The number of thioether (sulfide) groups is 1. The summed E-state index contributed by atoms with van der Waals surface area (Å²) < 4.78 is 71.2. The van der Waals surface area contributed by atoms with E-state index < -0.39 is 21.8 Å². The van der Waals surface area contributed by atoms with Crippen molar-refractivity contribution in [2.45, 2.75) is 18.0 Å². The molecule has 168 valence electrons. The van der Waals surface area contributed by atoms with E-state index in [-0.39, 0.29) is 38.7 Å². The van der Waals surface area contributed by atoms with Crippen LogP contribution in [0.1, 0.15) is 22.8 Å². The number of rotatable bonds is 7. The second-order valence-corrected chi connectivity index (χ2v) is 9.30. The summed E-state index contributed by atoms with van der Waals surface area (Å²) in [4.78, 5) is 26.4. The molecule has 0 saturated carbocycles. The number of alkyl halides is 3. The highest BCUT2D eigenvalue weighted by atomic mass is 32.2.